The van der Waals surface area contributed by atoms with Gasteiger partial charge in [0.25, 0.3) is 0 Å². The van der Waals surface area contributed by atoms with Crippen molar-refractivity contribution in [3.63, 3.8) is 0 Å². The van der Waals surface area contributed by atoms with E-state index in [9.17, 15) is 9.90 Å². The summed E-state index contributed by atoms with van der Waals surface area (Å²) in [4.78, 5) is 15.6. The molecule has 3 aliphatic rings. The number of ketones is 1. The molecule has 0 saturated heterocycles. The number of allylic oxidation sites excluding steroid dienone is 5. The van der Waals surface area contributed by atoms with Crippen LogP contribution in [0.1, 0.15) is 79.4 Å². The summed E-state index contributed by atoms with van der Waals surface area (Å²) in [5.41, 5.74) is 3.72. The minimum absolute atomic E-state index is 0.0768. The Kier molecular flexibility index (Phi) is 7.57. The second-order valence-corrected chi connectivity index (χ2v) is 13.8. The Bertz CT molecular complexity index is 1590. The van der Waals surface area contributed by atoms with Crippen molar-refractivity contribution >= 4 is 22.9 Å². The molecule has 1 aliphatic carbocycles. The fourth-order valence-electron chi connectivity index (χ4n) is 6.52. The Labute approximate surface area is 248 Å². The minimum atomic E-state index is -0.559. The van der Waals surface area contributed by atoms with Crippen molar-refractivity contribution in [1.29, 1.82) is 0 Å². The molecule has 0 fully saturated rings. The zero-order valence-electron chi connectivity index (χ0n) is 26.1. The maximum absolute atomic E-state index is 15.2. The summed E-state index contributed by atoms with van der Waals surface area (Å²) in [5, 5.41) is 11.3. The van der Waals surface area contributed by atoms with Crippen molar-refractivity contribution in [3.05, 3.63) is 93.9 Å². The summed E-state index contributed by atoms with van der Waals surface area (Å²) >= 11 is 0. The molecule has 1 N–H and O–H groups in total. The molecule has 0 bridgehead atoms. The van der Waals surface area contributed by atoms with Crippen molar-refractivity contribution in [3.8, 4) is 0 Å². The predicted octanol–water partition coefficient (Wildman–Crippen LogP) is 8.44. The number of anilines is 1. The number of Topliss-reactive ketones (excluding diaryl/α,β-unsaturated/α-hetero) is 1. The van der Waals surface area contributed by atoms with Crippen molar-refractivity contribution < 1.29 is 23.3 Å². The number of hydrogen-bond acceptors (Lipinski definition) is 3. The molecule has 4 nitrogen and oxygen atoms in total. The third-order valence-electron chi connectivity index (χ3n) is 9.14. The van der Waals surface area contributed by atoms with Crippen LogP contribution in [0.25, 0.3) is 0 Å². The molecule has 0 radical (unpaired) electrons. The molecule has 2 aromatic carbocycles. The van der Waals surface area contributed by atoms with Gasteiger partial charge in [0.05, 0.1) is 22.2 Å². The van der Waals surface area contributed by atoms with Crippen LogP contribution in [-0.4, -0.2) is 34.3 Å². The highest BCUT2D eigenvalue weighted by molar-refractivity contribution is 6.24. The standard InChI is InChI=1S/C36H42F2N2O2/c1-21(2)15-17-39-29(35(5,6)25-11-9-13-27(37)31(25)39)19-23-33(41)24(34(23)42)20-30-36(7,8)26-12-10-14-28(38)32(26)40(30)18-16-22(3)4/h9-14,19-22H,15-18H2,1-8H3/p+1. The largest absolute Gasteiger partial charge is 0.506 e. The molecule has 2 aliphatic heterocycles. The number of para-hydroxylation sites is 2. The number of fused-ring (bicyclic) bond motifs is 2. The molecule has 5 rings (SSSR count). The van der Waals surface area contributed by atoms with Crippen molar-refractivity contribution in [1.82, 2.24) is 0 Å². The zero-order chi connectivity index (χ0) is 30.7. The van der Waals surface area contributed by atoms with Gasteiger partial charge in [-0.15, -0.1) is 0 Å². The molecule has 0 saturated carbocycles. The highest BCUT2D eigenvalue weighted by Crippen LogP contribution is 2.50. The van der Waals surface area contributed by atoms with E-state index >= 15 is 8.78 Å². The summed E-state index contributed by atoms with van der Waals surface area (Å²) in [5.74, 6) is -0.0972. The van der Waals surface area contributed by atoms with Gasteiger partial charge in [0, 0.05) is 35.7 Å². The zero-order valence-corrected chi connectivity index (χ0v) is 26.1. The van der Waals surface area contributed by atoms with Crippen LogP contribution in [0, 0.1) is 23.5 Å². The lowest BCUT2D eigenvalue weighted by atomic mass is 9.77. The van der Waals surface area contributed by atoms with E-state index in [0.717, 1.165) is 35.4 Å². The van der Waals surface area contributed by atoms with Crippen LogP contribution in [0.3, 0.4) is 0 Å². The van der Waals surface area contributed by atoms with Crippen LogP contribution < -0.4 is 4.90 Å². The van der Waals surface area contributed by atoms with E-state index < -0.39 is 10.8 Å². The monoisotopic (exact) mass is 573 g/mol. The number of nitrogens with zero attached hydrogens (tertiary/aromatic N) is 2. The number of aliphatic hydroxyl groups is 1. The minimum Gasteiger partial charge on any atom is -0.506 e. The Balaban J connectivity index is 1.60. The van der Waals surface area contributed by atoms with E-state index in [1.165, 1.54) is 12.1 Å². The molecule has 0 atom stereocenters. The normalized spacial score (nSPS) is 20.9. The van der Waals surface area contributed by atoms with E-state index in [4.69, 9.17) is 0 Å². The van der Waals surface area contributed by atoms with E-state index in [1.807, 2.05) is 49.3 Å². The molecule has 222 valence electrons. The summed E-state index contributed by atoms with van der Waals surface area (Å²) in [6, 6.07) is 10.3. The number of carbonyl (C=O) groups is 1. The second-order valence-electron chi connectivity index (χ2n) is 13.8. The quantitative estimate of drug-likeness (QED) is 0.255. The van der Waals surface area contributed by atoms with Crippen LogP contribution in [-0.2, 0) is 15.6 Å². The van der Waals surface area contributed by atoms with E-state index in [1.54, 1.807) is 24.3 Å². The summed E-state index contributed by atoms with van der Waals surface area (Å²) in [6.45, 7) is 17.8. The first-order chi connectivity index (χ1) is 19.7. The lowest BCUT2D eigenvalue weighted by Crippen LogP contribution is -2.32. The molecular formula is C36H43F2N2O2+. The highest BCUT2D eigenvalue weighted by atomic mass is 19.1. The van der Waals surface area contributed by atoms with E-state index in [2.05, 4.69) is 27.7 Å². The Morgan fingerprint density at radius 1 is 0.881 bits per heavy atom. The SMILES string of the molecule is CC(C)CCN1/C(=C\C2=C(O)C(=C\C3=[N+](CCC(C)C)c4c(F)cccc4C3(C)C)/C2=O)C(C)(C)c2cccc(F)c21. The third-order valence-corrected chi connectivity index (χ3v) is 9.14. The van der Waals surface area contributed by atoms with Gasteiger partial charge in [0.1, 0.15) is 18.1 Å². The molecule has 0 aromatic heterocycles. The molecule has 0 unspecified atom stereocenters. The number of aliphatic hydroxyl groups excluding tert-OH is 1. The van der Waals surface area contributed by atoms with Gasteiger partial charge < -0.3 is 10.0 Å². The Morgan fingerprint density at radius 3 is 2.12 bits per heavy atom. The second kappa shape index (κ2) is 10.6. The van der Waals surface area contributed by atoms with Crippen LogP contribution in [0.2, 0.25) is 0 Å². The number of halogens is 2. The van der Waals surface area contributed by atoms with Gasteiger partial charge in [0.15, 0.2) is 11.5 Å². The number of benzene rings is 2. The fourth-order valence-corrected chi connectivity index (χ4v) is 6.52. The van der Waals surface area contributed by atoms with Gasteiger partial charge in [-0.3, -0.25) is 4.79 Å². The number of carbonyl (C=O) groups excluding carboxylic acids is 1. The summed E-state index contributed by atoms with van der Waals surface area (Å²) in [6.07, 6.45) is 5.18. The van der Waals surface area contributed by atoms with Crippen LogP contribution in [0.4, 0.5) is 20.2 Å². The van der Waals surface area contributed by atoms with Gasteiger partial charge in [0.2, 0.25) is 11.5 Å². The van der Waals surface area contributed by atoms with Gasteiger partial charge in [-0.05, 0) is 55.9 Å². The Hall–Kier alpha value is -3.54. The predicted molar refractivity (Wildman–Crippen MR) is 166 cm³/mol. The van der Waals surface area contributed by atoms with E-state index in [-0.39, 0.29) is 34.3 Å². The van der Waals surface area contributed by atoms with Gasteiger partial charge >= 0.3 is 0 Å². The smallest absolute Gasteiger partial charge is 0.245 e. The molecule has 0 amide bonds. The topological polar surface area (TPSA) is 43.5 Å². The Morgan fingerprint density at radius 2 is 1.50 bits per heavy atom. The van der Waals surface area contributed by atoms with E-state index in [0.29, 0.717) is 36.3 Å². The highest BCUT2D eigenvalue weighted by Gasteiger charge is 2.48. The van der Waals surface area contributed by atoms with Crippen LogP contribution in [0.15, 0.2) is 71.2 Å². The first-order valence-corrected chi connectivity index (χ1v) is 15.1. The lowest BCUT2D eigenvalue weighted by Gasteiger charge is -2.29. The first kappa shape index (κ1) is 29.9. The van der Waals surface area contributed by atoms with Crippen molar-refractivity contribution in [2.24, 2.45) is 11.8 Å². The van der Waals surface area contributed by atoms with Crippen LogP contribution >= 0.6 is 0 Å². The molecule has 6 heteroatoms. The maximum Gasteiger partial charge on any atom is 0.245 e. The van der Waals surface area contributed by atoms with Gasteiger partial charge in [-0.2, -0.15) is 8.97 Å². The first-order valence-electron chi connectivity index (χ1n) is 15.1. The molecule has 2 aromatic rings. The average Bonchev–Trinajstić information content (AvgIpc) is 3.27. The molecule has 0 spiro atoms. The van der Waals surface area contributed by atoms with Gasteiger partial charge in [-0.25, -0.2) is 4.39 Å². The van der Waals surface area contributed by atoms with Crippen molar-refractivity contribution in [2.75, 3.05) is 18.0 Å². The fraction of sp³-hybridized carbons (Fsp3) is 0.444. The molecule has 2 heterocycles. The summed E-state index contributed by atoms with van der Waals surface area (Å²) < 4.78 is 32.3. The number of hydrogen-bond donors (Lipinski definition) is 1. The van der Waals surface area contributed by atoms with Gasteiger partial charge in [-0.1, -0.05) is 65.8 Å². The molecular weight excluding hydrogens is 530 g/mol. The molecule has 42 heavy (non-hydrogen) atoms. The average molecular weight is 574 g/mol. The summed E-state index contributed by atoms with van der Waals surface area (Å²) in [7, 11) is 0. The third kappa shape index (κ3) is 4.73. The number of rotatable bonds is 8. The van der Waals surface area contributed by atoms with Crippen LogP contribution in [0.5, 0.6) is 0 Å². The van der Waals surface area contributed by atoms with Crippen molar-refractivity contribution in [2.45, 2.75) is 79.1 Å². The maximum atomic E-state index is 15.2. The lowest BCUT2D eigenvalue weighted by molar-refractivity contribution is -0.441.